The van der Waals surface area contributed by atoms with Crippen molar-refractivity contribution in [3.05, 3.63) is 35.9 Å². The van der Waals surface area contributed by atoms with Crippen LogP contribution in [-0.2, 0) is 0 Å². The predicted octanol–water partition coefficient (Wildman–Crippen LogP) is 3.85. The molecule has 96 valence electrons. The number of hydrogen-bond acceptors (Lipinski definition) is 3. The molecular formula is C16H17N3. The molecule has 1 aliphatic carbocycles. The number of nitriles is 1. The molecule has 19 heavy (non-hydrogen) atoms. The molecule has 0 saturated heterocycles. The van der Waals surface area contributed by atoms with E-state index in [2.05, 4.69) is 16.4 Å². The van der Waals surface area contributed by atoms with Gasteiger partial charge in [0, 0.05) is 11.4 Å². The van der Waals surface area contributed by atoms with Crippen LogP contribution < -0.4 is 5.32 Å². The van der Waals surface area contributed by atoms with Gasteiger partial charge in [-0.25, -0.2) is 4.98 Å². The maximum absolute atomic E-state index is 9.26. The molecule has 1 aromatic heterocycles. The summed E-state index contributed by atoms with van der Waals surface area (Å²) in [6.07, 6.45) is 6.33. The molecule has 1 aliphatic rings. The lowest BCUT2D eigenvalue weighted by molar-refractivity contribution is 0.462. The number of nitrogens with one attached hydrogen (secondary N) is 1. The third-order valence-electron chi connectivity index (χ3n) is 3.79. The van der Waals surface area contributed by atoms with Gasteiger partial charge in [0.15, 0.2) is 0 Å². The van der Waals surface area contributed by atoms with Crippen LogP contribution in [0.15, 0.2) is 30.3 Å². The smallest absolute Gasteiger partial charge is 0.128 e. The first-order chi connectivity index (χ1) is 9.36. The Balaban J connectivity index is 1.93. The quantitative estimate of drug-likeness (QED) is 0.881. The molecular weight excluding hydrogens is 234 g/mol. The lowest BCUT2D eigenvalue weighted by atomic mass is 9.95. The van der Waals surface area contributed by atoms with E-state index >= 15 is 0 Å². The van der Waals surface area contributed by atoms with Crippen LogP contribution >= 0.6 is 0 Å². The summed E-state index contributed by atoms with van der Waals surface area (Å²) in [6.45, 7) is 0. The molecule has 0 unspecified atom stereocenters. The minimum Gasteiger partial charge on any atom is -0.367 e. The van der Waals surface area contributed by atoms with Crippen LogP contribution in [0.25, 0.3) is 10.9 Å². The Kier molecular flexibility index (Phi) is 3.33. The summed E-state index contributed by atoms with van der Waals surface area (Å²) >= 11 is 0. The van der Waals surface area contributed by atoms with Crippen LogP contribution in [-0.4, -0.2) is 11.0 Å². The van der Waals surface area contributed by atoms with E-state index in [1.54, 1.807) is 0 Å². The van der Waals surface area contributed by atoms with E-state index in [9.17, 15) is 5.26 Å². The molecule has 0 aliphatic heterocycles. The molecule has 0 amide bonds. The lowest BCUT2D eigenvalue weighted by Crippen LogP contribution is -2.22. The van der Waals surface area contributed by atoms with E-state index in [0.29, 0.717) is 11.6 Å². The van der Waals surface area contributed by atoms with Crippen molar-refractivity contribution in [1.29, 1.82) is 5.26 Å². The van der Waals surface area contributed by atoms with Gasteiger partial charge in [-0.1, -0.05) is 37.5 Å². The van der Waals surface area contributed by atoms with Gasteiger partial charge in [-0.15, -0.1) is 0 Å². The Hall–Kier alpha value is -2.08. The number of rotatable bonds is 2. The SMILES string of the molecule is N#Cc1cc(NC2CCCCC2)nc2ccccc12. The number of nitrogens with zero attached hydrogens (tertiary/aromatic N) is 2. The average Bonchev–Trinajstić information content (AvgIpc) is 2.47. The zero-order chi connectivity index (χ0) is 13.1. The van der Waals surface area contributed by atoms with Crippen LogP contribution in [0.4, 0.5) is 5.82 Å². The fraction of sp³-hybridized carbons (Fsp3) is 0.375. The number of para-hydroxylation sites is 1. The van der Waals surface area contributed by atoms with E-state index in [4.69, 9.17) is 0 Å². The zero-order valence-electron chi connectivity index (χ0n) is 10.9. The number of benzene rings is 1. The summed E-state index contributed by atoms with van der Waals surface area (Å²) in [6, 6.07) is 12.5. The third kappa shape index (κ3) is 2.53. The molecule has 0 bridgehead atoms. The minimum atomic E-state index is 0.508. The molecule has 1 saturated carbocycles. The second kappa shape index (κ2) is 5.27. The minimum absolute atomic E-state index is 0.508. The number of hydrogen-bond donors (Lipinski definition) is 1. The Morgan fingerprint density at radius 2 is 1.95 bits per heavy atom. The first-order valence-corrected chi connectivity index (χ1v) is 6.93. The molecule has 1 heterocycles. The highest BCUT2D eigenvalue weighted by Crippen LogP contribution is 2.24. The Bertz CT molecular complexity index is 621. The van der Waals surface area contributed by atoms with Crippen molar-refractivity contribution < 1.29 is 0 Å². The zero-order valence-corrected chi connectivity index (χ0v) is 10.9. The molecule has 3 heteroatoms. The van der Waals surface area contributed by atoms with Crippen LogP contribution in [0.2, 0.25) is 0 Å². The van der Waals surface area contributed by atoms with E-state index in [1.807, 2.05) is 30.3 Å². The summed E-state index contributed by atoms with van der Waals surface area (Å²) in [5.74, 6) is 0.835. The van der Waals surface area contributed by atoms with Crippen molar-refractivity contribution in [3.63, 3.8) is 0 Å². The fourth-order valence-electron chi connectivity index (χ4n) is 2.80. The van der Waals surface area contributed by atoms with E-state index < -0.39 is 0 Å². The molecule has 3 nitrogen and oxygen atoms in total. The highest BCUT2D eigenvalue weighted by molar-refractivity contribution is 5.86. The number of pyridine rings is 1. The topological polar surface area (TPSA) is 48.7 Å². The highest BCUT2D eigenvalue weighted by Gasteiger charge is 2.14. The van der Waals surface area contributed by atoms with Gasteiger partial charge in [0.25, 0.3) is 0 Å². The average molecular weight is 251 g/mol. The van der Waals surface area contributed by atoms with Gasteiger partial charge in [0.1, 0.15) is 5.82 Å². The Morgan fingerprint density at radius 1 is 1.16 bits per heavy atom. The van der Waals surface area contributed by atoms with Crippen molar-refractivity contribution in [2.24, 2.45) is 0 Å². The van der Waals surface area contributed by atoms with Crippen molar-refractivity contribution >= 4 is 16.7 Å². The molecule has 0 radical (unpaired) electrons. The third-order valence-corrected chi connectivity index (χ3v) is 3.79. The number of fused-ring (bicyclic) bond motifs is 1. The maximum atomic E-state index is 9.26. The molecule has 3 rings (SSSR count). The summed E-state index contributed by atoms with van der Waals surface area (Å²) in [5, 5.41) is 13.7. The molecule has 1 fully saturated rings. The summed E-state index contributed by atoms with van der Waals surface area (Å²) in [5.41, 5.74) is 1.59. The van der Waals surface area contributed by atoms with Crippen LogP contribution in [0.5, 0.6) is 0 Å². The summed E-state index contributed by atoms with van der Waals surface area (Å²) in [4.78, 5) is 4.62. The molecule has 2 aromatic rings. The van der Waals surface area contributed by atoms with Gasteiger partial charge < -0.3 is 5.32 Å². The number of aromatic nitrogens is 1. The second-order valence-corrected chi connectivity index (χ2v) is 5.16. The Labute approximate surface area is 113 Å². The predicted molar refractivity (Wildman–Crippen MR) is 77.0 cm³/mol. The van der Waals surface area contributed by atoms with Crippen molar-refractivity contribution in [2.75, 3.05) is 5.32 Å². The molecule has 1 aromatic carbocycles. The van der Waals surface area contributed by atoms with Gasteiger partial charge in [-0.05, 0) is 25.0 Å². The maximum Gasteiger partial charge on any atom is 0.128 e. The molecule has 0 atom stereocenters. The van der Waals surface area contributed by atoms with Gasteiger partial charge in [0.05, 0.1) is 17.1 Å². The van der Waals surface area contributed by atoms with Gasteiger partial charge in [-0.3, -0.25) is 0 Å². The Morgan fingerprint density at radius 3 is 2.74 bits per heavy atom. The van der Waals surface area contributed by atoms with Gasteiger partial charge in [-0.2, -0.15) is 5.26 Å². The normalized spacial score (nSPS) is 16.2. The largest absolute Gasteiger partial charge is 0.367 e. The van der Waals surface area contributed by atoms with Crippen LogP contribution in [0.1, 0.15) is 37.7 Å². The second-order valence-electron chi connectivity index (χ2n) is 5.16. The van der Waals surface area contributed by atoms with E-state index in [-0.39, 0.29) is 0 Å². The number of anilines is 1. The standard InChI is InChI=1S/C16H17N3/c17-11-12-10-16(18-13-6-2-1-3-7-13)19-15-9-5-4-8-14(12)15/h4-5,8-10,13H,1-3,6-7H2,(H,18,19). The lowest BCUT2D eigenvalue weighted by Gasteiger charge is -2.23. The first kappa shape index (κ1) is 12.0. The van der Waals surface area contributed by atoms with Crippen molar-refractivity contribution in [1.82, 2.24) is 4.98 Å². The highest BCUT2D eigenvalue weighted by atomic mass is 15.0. The molecule has 1 N–H and O–H groups in total. The monoisotopic (exact) mass is 251 g/mol. The van der Waals surface area contributed by atoms with E-state index in [0.717, 1.165) is 16.7 Å². The summed E-state index contributed by atoms with van der Waals surface area (Å²) in [7, 11) is 0. The van der Waals surface area contributed by atoms with Crippen LogP contribution in [0.3, 0.4) is 0 Å². The van der Waals surface area contributed by atoms with Gasteiger partial charge in [0.2, 0.25) is 0 Å². The van der Waals surface area contributed by atoms with Crippen molar-refractivity contribution in [3.8, 4) is 6.07 Å². The first-order valence-electron chi connectivity index (χ1n) is 6.93. The molecule has 0 spiro atoms. The summed E-state index contributed by atoms with van der Waals surface area (Å²) < 4.78 is 0. The van der Waals surface area contributed by atoms with E-state index in [1.165, 1.54) is 32.1 Å². The fourth-order valence-corrected chi connectivity index (χ4v) is 2.80. The van der Waals surface area contributed by atoms with Gasteiger partial charge >= 0.3 is 0 Å². The van der Waals surface area contributed by atoms with Crippen molar-refractivity contribution in [2.45, 2.75) is 38.1 Å². The van der Waals surface area contributed by atoms with Crippen LogP contribution in [0, 0.1) is 11.3 Å².